The fraction of sp³-hybridized carbons (Fsp3) is 0.111. The highest BCUT2D eigenvalue weighted by atomic mass is 32.1. The van der Waals surface area contributed by atoms with Gasteiger partial charge in [0, 0.05) is 4.90 Å². The van der Waals surface area contributed by atoms with Crippen LogP contribution in [0.25, 0.3) is 0 Å². The molecule has 0 atom stereocenters. The number of allylic oxidation sites excluding steroid dienone is 2. The van der Waals surface area contributed by atoms with E-state index < -0.39 is 0 Å². The monoisotopic (exact) mass is 268 g/mol. The van der Waals surface area contributed by atoms with Crippen LogP contribution in [-0.2, 0) is 12.8 Å². The summed E-state index contributed by atoms with van der Waals surface area (Å²) in [4.78, 5) is 1.02. The average Bonchev–Trinajstić information content (AvgIpc) is 2.43. The lowest BCUT2D eigenvalue weighted by Crippen LogP contribution is -1.83. The maximum atomic E-state index is 4.08. The zero-order chi connectivity index (χ0) is 13.9. The molecule has 0 heterocycles. The number of thiol groups is 1. The van der Waals surface area contributed by atoms with Crippen LogP contribution in [0.15, 0.2) is 84.8 Å². The van der Waals surface area contributed by atoms with Crippen molar-refractivity contribution in [1.82, 2.24) is 0 Å². The summed E-state index contributed by atoms with van der Waals surface area (Å²) in [5.74, 6) is 0. The molecule has 0 amide bonds. The zero-order valence-corrected chi connectivity index (χ0v) is 12.0. The molecule has 19 heavy (non-hydrogen) atoms. The van der Waals surface area contributed by atoms with E-state index in [9.17, 15) is 0 Å². The summed E-state index contributed by atoms with van der Waals surface area (Å²) < 4.78 is 0. The zero-order valence-electron chi connectivity index (χ0n) is 11.1. The Morgan fingerprint density at radius 3 is 1.42 bits per heavy atom. The Balaban J connectivity index is 0.000000218. The Bertz CT molecular complexity index is 454. The van der Waals surface area contributed by atoms with Gasteiger partial charge in [0.15, 0.2) is 0 Å². The van der Waals surface area contributed by atoms with E-state index in [1.165, 1.54) is 11.1 Å². The van der Waals surface area contributed by atoms with Gasteiger partial charge in [-0.1, -0.05) is 54.6 Å². The second-order valence-electron chi connectivity index (χ2n) is 4.14. The molecule has 1 heteroatoms. The first-order valence-corrected chi connectivity index (χ1v) is 6.74. The van der Waals surface area contributed by atoms with Crippen LogP contribution in [0, 0.1) is 0 Å². The predicted octanol–water partition coefficient (Wildman–Crippen LogP) is 5.12. The van der Waals surface area contributed by atoms with Crippen LogP contribution in [0.1, 0.15) is 11.1 Å². The van der Waals surface area contributed by atoms with Crippen molar-refractivity contribution < 1.29 is 0 Å². The Morgan fingerprint density at radius 2 is 1.16 bits per heavy atom. The summed E-state index contributed by atoms with van der Waals surface area (Å²) in [6, 6.07) is 18.3. The third kappa shape index (κ3) is 6.68. The maximum absolute atomic E-state index is 4.08. The average molecular weight is 268 g/mol. The molecule has 2 rings (SSSR count). The largest absolute Gasteiger partial charge is 0.143 e. The molecule has 2 aromatic carbocycles. The van der Waals surface area contributed by atoms with E-state index in [2.05, 4.69) is 50.1 Å². The predicted molar refractivity (Wildman–Crippen MR) is 87.9 cm³/mol. The van der Waals surface area contributed by atoms with Crippen molar-refractivity contribution in [3.05, 3.63) is 91.0 Å². The van der Waals surface area contributed by atoms with Crippen molar-refractivity contribution in [2.24, 2.45) is 0 Å². The Hall–Kier alpha value is -1.73. The molecule has 0 fully saturated rings. The van der Waals surface area contributed by atoms with Crippen LogP contribution < -0.4 is 0 Å². The molecule has 0 radical (unpaired) electrons. The third-order valence-electron chi connectivity index (χ3n) is 2.54. The molecule has 0 aliphatic rings. The van der Waals surface area contributed by atoms with Gasteiger partial charge >= 0.3 is 0 Å². The van der Waals surface area contributed by atoms with Crippen LogP contribution in [0.4, 0.5) is 0 Å². The van der Waals surface area contributed by atoms with Crippen molar-refractivity contribution in [3.8, 4) is 0 Å². The Labute approximate surface area is 121 Å². The van der Waals surface area contributed by atoms with Crippen LogP contribution in [0.5, 0.6) is 0 Å². The topological polar surface area (TPSA) is 0 Å². The van der Waals surface area contributed by atoms with E-state index >= 15 is 0 Å². The highest BCUT2D eigenvalue weighted by Gasteiger charge is 1.90. The molecule has 0 spiro atoms. The minimum atomic E-state index is 0.953. The molecule has 2 aromatic rings. The molecule has 0 N–H and O–H groups in total. The van der Waals surface area contributed by atoms with Crippen LogP contribution in [0.2, 0.25) is 0 Å². The first kappa shape index (κ1) is 15.3. The Morgan fingerprint density at radius 1 is 0.737 bits per heavy atom. The van der Waals surface area contributed by atoms with Crippen molar-refractivity contribution >= 4 is 12.6 Å². The first-order valence-electron chi connectivity index (χ1n) is 6.30. The molecular formula is C18H20S. The summed E-state index contributed by atoms with van der Waals surface area (Å²) in [7, 11) is 0. The van der Waals surface area contributed by atoms with Gasteiger partial charge in [-0.3, -0.25) is 0 Å². The molecular weight excluding hydrogens is 248 g/mol. The molecule has 98 valence electrons. The van der Waals surface area contributed by atoms with E-state index in [1.54, 1.807) is 0 Å². The van der Waals surface area contributed by atoms with Crippen molar-refractivity contribution in [3.63, 3.8) is 0 Å². The lowest BCUT2D eigenvalue weighted by Gasteiger charge is -1.98. The quantitative estimate of drug-likeness (QED) is 0.577. The van der Waals surface area contributed by atoms with Gasteiger partial charge in [-0.2, -0.15) is 0 Å². The molecule has 0 aliphatic heterocycles. The van der Waals surface area contributed by atoms with E-state index in [4.69, 9.17) is 0 Å². The second kappa shape index (κ2) is 9.23. The second-order valence-corrected chi connectivity index (χ2v) is 4.65. The van der Waals surface area contributed by atoms with E-state index in [0.29, 0.717) is 0 Å². The lowest BCUT2D eigenvalue weighted by atomic mass is 10.1. The first-order chi connectivity index (χ1) is 9.26. The Kier molecular flexibility index (Phi) is 7.45. The van der Waals surface area contributed by atoms with E-state index in [0.717, 1.165) is 17.7 Å². The summed E-state index contributed by atoms with van der Waals surface area (Å²) >= 11 is 4.08. The molecule has 0 bridgehead atoms. The van der Waals surface area contributed by atoms with Crippen LogP contribution in [-0.4, -0.2) is 0 Å². The molecule has 0 saturated carbocycles. The van der Waals surface area contributed by atoms with Gasteiger partial charge in [-0.05, 0) is 36.1 Å². The van der Waals surface area contributed by atoms with Crippen molar-refractivity contribution in [1.29, 1.82) is 0 Å². The van der Waals surface area contributed by atoms with Gasteiger partial charge in [0.2, 0.25) is 0 Å². The SMILES string of the molecule is C=CCc1ccc(CC=C)cc1.Sc1ccccc1. The number of hydrogen-bond donors (Lipinski definition) is 1. The number of benzene rings is 2. The van der Waals surface area contributed by atoms with Gasteiger partial charge in [0.1, 0.15) is 0 Å². The third-order valence-corrected chi connectivity index (χ3v) is 2.84. The number of rotatable bonds is 4. The normalized spacial score (nSPS) is 9.11. The smallest absolute Gasteiger partial charge is 0.00399 e. The standard InChI is InChI=1S/C12H14.C6H6S/c1-3-5-11-7-9-12(6-4-2)10-8-11;7-6-4-2-1-3-5-6/h3-4,7-10H,1-2,5-6H2;1-5,7H. The van der Waals surface area contributed by atoms with Crippen molar-refractivity contribution in [2.45, 2.75) is 17.7 Å². The molecule has 0 aromatic heterocycles. The summed E-state index contributed by atoms with van der Waals surface area (Å²) in [6.45, 7) is 7.40. The molecule has 0 saturated heterocycles. The fourth-order valence-corrected chi connectivity index (χ4v) is 1.74. The minimum absolute atomic E-state index is 0.953. The van der Waals surface area contributed by atoms with Crippen molar-refractivity contribution in [2.75, 3.05) is 0 Å². The van der Waals surface area contributed by atoms with E-state index in [-0.39, 0.29) is 0 Å². The van der Waals surface area contributed by atoms with E-state index in [1.807, 2.05) is 42.5 Å². The van der Waals surface area contributed by atoms with Gasteiger partial charge in [0.25, 0.3) is 0 Å². The highest BCUT2D eigenvalue weighted by Crippen LogP contribution is 2.06. The summed E-state index contributed by atoms with van der Waals surface area (Å²) in [6.07, 6.45) is 5.74. The van der Waals surface area contributed by atoms with Gasteiger partial charge in [0.05, 0.1) is 0 Å². The maximum Gasteiger partial charge on any atom is 0.00399 e. The van der Waals surface area contributed by atoms with Crippen LogP contribution in [0.3, 0.4) is 0 Å². The molecule has 0 unspecified atom stereocenters. The summed E-state index contributed by atoms with van der Waals surface area (Å²) in [5.41, 5.74) is 2.63. The van der Waals surface area contributed by atoms with Crippen LogP contribution >= 0.6 is 12.6 Å². The van der Waals surface area contributed by atoms with Gasteiger partial charge < -0.3 is 0 Å². The molecule has 0 nitrogen and oxygen atoms in total. The molecule has 0 aliphatic carbocycles. The number of hydrogen-bond acceptors (Lipinski definition) is 1. The lowest BCUT2D eigenvalue weighted by molar-refractivity contribution is 1.22. The minimum Gasteiger partial charge on any atom is -0.143 e. The highest BCUT2D eigenvalue weighted by molar-refractivity contribution is 7.80. The van der Waals surface area contributed by atoms with Gasteiger partial charge in [-0.25, -0.2) is 0 Å². The van der Waals surface area contributed by atoms with Gasteiger partial charge in [-0.15, -0.1) is 25.8 Å². The fourth-order valence-electron chi connectivity index (χ4n) is 1.57. The summed E-state index contributed by atoms with van der Waals surface area (Å²) in [5, 5.41) is 0.